The Morgan fingerprint density at radius 1 is 0.707 bits per heavy atom. The molecule has 0 spiro atoms. The Morgan fingerprint density at radius 3 is 1.61 bits per heavy atom. The fourth-order valence-corrected chi connectivity index (χ4v) is 5.55. The van der Waals surface area contributed by atoms with Crippen LogP contribution in [0.3, 0.4) is 0 Å². The molecule has 6 unspecified atom stereocenters. The van der Waals surface area contributed by atoms with Gasteiger partial charge in [0.15, 0.2) is 6.10 Å². The molecule has 0 aromatic carbocycles. The molecule has 0 amide bonds. The van der Waals surface area contributed by atoms with E-state index >= 15 is 0 Å². The highest BCUT2D eigenvalue weighted by molar-refractivity contribution is 7.47. The average Bonchev–Trinajstić information content (AvgIpc) is 2.92. The van der Waals surface area contributed by atoms with Crippen molar-refractivity contribution in [3.05, 3.63) is 0 Å². The lowest BCUT2D eigenvalue weighted by Gasteiger charge is -2.41. The van der Waals surface area contributed by atoms with Crippen molar-refractivity contribution in [3.63, 3.8) is 0 Å². The molecule has 8 atom stereocenters. The predicted octanol–water partition coefficient (Wildman–Crippen LogP) is 2.26. The zero-order valence-corrected chi connectivity index (χ0v) is 25.2. The number of phosphoric acid groups is 1. The van der Waals surface area contributed by atoms with Crippen molar-refractivity contribution in [1.82, 2.24) is 0 Å². The minimum atomic E-state index is -5.05. The first-order chi connectivity index (χ1) is 19.4. The summed E-state index contributed by atoms with van der Waals surface area (Å²) in [5, 5.41) is 49.0. The van der Waals surface area contributed by atoms with Gasteiger partial charge in [-0.1, -0.05) is 84.0 Å². The smallest absolute Gasteiger partial charge is 0.462 e. The molecule has 13 nitrogen and oxygen atoms in total. The lowest BCUT2D eigenvalue weighted by Crippen LogP contribution is -2.64. The van der Waals surface area contributed by atoms with Crippen LogP contribution in [0.5, 0.6) is 0 Å². The van der Waals surface area contributed by atoms with Gasteiger partial charge >= 0.3 is 19.8 Å². The van der Waals surface area contributed by atoms with E-state index < -0.39 is 75.7 Å². The second-order valence-electron chi connectivity index (χ2n) is 10.7. The van der Waals surface area contributed by atoms with Crippen molar-refractivity contribution in [2.24, 2.45) is 0 Å². The van der Waals surface area contributed by atoms with E-state index in [1.54, 1.807) is 0 Å². The molecule has 14 heteroatoms. The summed E-state index contributed by atoms with van der Waals surface area (Å²) in [6.07, 6.45) is 2.24. The molecule has 0 heterocycles. The molecule has 0 radical (unpaired) electrons. The highest BCUT2D eigenvalue weighted by Crippen LogP contribution is 2.47. The normalized spacial score (nSPS) is 26.7. The van der Waals surface area contributed by atoms with Crippen molar-refractivity contribution in [2.75, 3.05) is 13.2 Å². The van der Waals surface area contributed by atoms with E-state index in [1.165, 1.54) is 57.8 Å². The van der Waals surface area contributed by atoms with Crippen LogP contribution in [0.4, 0.5) is 0 Å². The van der Waals surface area contributed by atoms with Gasteiger partial charge in [-0.3, -0.25) is 18.6 Å². The van der Waals surface area contributed by atoms with Crippen molar-refractivity contribution in [3.8, 4) is 0 Å². The largest absolute Gasteiger partial charge is 0.472 e. The summed E-state index contributed by atoms with van der Waals surface area (Å²) in [5.74, 6) is -1.29. The Bertz CT molecular complexity index is 766. The molecule has 1 rings (SSSR count). The zero-order valence-electron chi connectivity index (χ0n) is 24.3. The monoisotopic (exact) mass is 614 g/mol. The van der Waals surface area contributed by atoms with Gasteiger partial charge in [-0.2, -0.15) is 0 Å². The summed E-state index contributed by atoms with van der Waals surface area (Å²) in [5.41, 5.74) is 0. The number of unbranched alkanes of at least 4 members (excludes halogenated alkanes) is 12. The summed E-state index contributed by atoms with van der Waals surface area (Å²) < 4.78 is 31.9. The van der Waals surface area contributed by atoms with E-state index in [9.17, 15) is 44.6 Å². The minimum absolute atomic E-state index is 0.168. The van der Waals surface area contributed by atoms with Crippen molar-refractivity contribution < 1.29 is 63.1 Å². The van der Waals surface area contributed by atoms with Gasteiger partial charge in [-0.15, -0.1) is 0 Å². The average molecular weight is 615 g/mol. The maximum Gasteiger partial charge on any atom is 0.472 e. The molecule has 0 aromatic rings. The molecular formula is C27H51O13P. The number of aliphatic hydroxyl groups is 5. The van der Waals surface area contributed by atoms with Gasteiger partial charge in [0.2, 0.25) is 0 Å². The summed E-state index contributed by atoms with van der Waals surface area (Å²) in [7, 11) is -5.05. The van der Waals surface area contributed by atoms with Crippen LogP contribution in [-0.4, -0.2) is 98.3 Å². The first-order valence-electron chi connectivity index (χ1n) is 14.8. The molecule has 242 valence electrons. The molecule has 1 aliphatic rings. The molecular weight excluding hydrogens is 563 g/mol. The lowest BCUT2D eigenvalue weighted by molar-refractivity contribution is -0.220. The first kappa shape index (κ1) is 37.9. The Balaban J connectivity index is 2.30. The van der Waals surface area contributed by atoms with Gasteiger partial charge in [-0.25, -0.2) is 4.57 Å². The number of esters is 2. The van der Waals surface area contributed by atoms with Crippen LogP contribution in [0.15, 0.2) is 0 Å². The van der Waals surface area contributed by atoms with Crippen molar-refractivity contribution in [2.45, 2.75) is 146 Å². The van der Waals surface area contributed by atoms with E-state index in [0.29, 0.717) is 6.42 Å². The third kappa shape index (κ3) is 15.8. The van der Waals surface area contributed by atoms with E-state index in [0.717, 1.165) is 26.2 Å². The van der Waals surface area contributed by atoms with Crippen LogP contribution >= 0.6 is 7.82 Å². The topological polar surface area (TPSA) is 210 Å². The van der Waals surface area contributed by atoms with Crippen LogP contribution in [0.2, 0.25) is 0 Å². The van der Waals surface area contributed by atoms with Gasteiger partial charge < -0.3 is 39.9 Å². The zero-order chi connectivity index (χ0) is 30.8. The second kappa shape index (κ2) is 20.7. The summed E-state index contributed by atoms with van der Waals surface area (Å²) >= 11 is 0. The summed E-state index contributed by atoms with van der Waals surface area (Å²) in [6, 6.07) is 0. The number of hydrogen-bond donors (Lipinski definition) is 6. The van der Waals surface area contributed by atoms with Crippen LogP contribution in [0.1, 0.15) is 104 Å². The van der Waals surface area contributed by atoms with Gasteiger partial charge in [-0.05, 0) is 6.42 Å². The molecule has 0 saturated heterocycles. The Kier molecular flexibility index (Phi) is 19.1. The number of rotatable bonds is 22. The maximum atomic E-state index is 12.4. The first-order valence-corrected chi connectivity index (χ1v) is 16.3. The number of carbonyl (C=O) groups excluding carboxylic acids is 2. The molecule has 1 saturated carbocycles. The Morgan fingerprint density at radius 2 is 1.15 bits per heavy atom. The number of phosphoric ester groups is 1. The molecule has 1 fully saturated rings. The molecule has 0 aliphatic heterocycles. The molecule has 0 aromatic heterocycles. The van der Waals surface area contributed by atoms with Gasteiger partial charge in [0.25, 0.3) is 0 Å². The van der Waals surface area contributed by atoms with Gasteiger partial charge in [0.05, 0.1) is 6.61 Å². The van der Waals surface area contributed by atoms with Crippen LogP contribution < -0.4 is 0 Å². The minimum Gasteiger partial charge on any atom is -0.462 e. The van der Waals surface area contributed by atoms with Gasteiger partial charge in [0, 0.05) is 13.3 Å². The Labute approximate surface area is 242 Å². The quantitative estimate of drug-likeness (QED) is 0.0588. The van der Waals surface area contributed by atoms with E-state index in [4.69, 9.17) is 18.5 Å². The molecule has 41 heavy (non-hydrogen) atoms. The highest BCUT2D eigenvalue weighted by Gasteiger charge is 2.51. The van der Waals surface area contributed by atoms with Gasteiger partial charge in [0.1, 0.15) is 43.2 Å². The standard InChI is InChI=1S/C27H51O13P/c1-3-4-5-6-7-8-9-10-11-12-13-14-15-16-21(29)37-17-20(39-19(2)28)18-38-41(35,36)40-27-25(33)23(31)22(30)24(32)26(27)34/h20,22-27,30-34H,3-18H2,1-2H3,(H,35,36)/t20-,22?,23-,24?,25?,26?,27?/m1/s1. The maximum absolute atomic E-state index is 12.4. The second-order valence-corrected chi connectivity index (χ2v) is 12.1. The lowest BCUT2D eigenvalue weighted by atomic mass is 9.85. The number of aliphatic hydroxyl groups excluding tert-OH is 5. The number of carbonyl (C=O) groups is 2. The van der Waals surface area contributed by atoms with Crippen molar-refractivity contribution >= 4 is 19.8 Å². The summed E-state index contributed by atoms with van der Waals surface area (Å²) in [4.78, 5) is 33.5. The van der Waals surface area contributed by atoms with E-state index in [-0.39, 0.29) is 6.42 Å². The van der Waals surface area contributed by atoms with E-state index in [1.807, 2.05) is 0 Å². The third-order valence-corrected chi connectivity index (χ3v) is 7.98. The summed E-state index contributed by atoms with van der Waals surface area (Å²) in [6.45, 7) is 2.11. The molecule has 0 bridgehead atoms. The van der Waals surface area contributed by atoms with Crippen LogP contribution in [0.25, 0.3) is 0 Å². The van der Waals surface area contributed by atoms with Crippen LogP contribution in [0, 0.1) is 0 Å². The van der Waals surface area contributed by atoms with E-state index in [2.05, 4.69) is 6.92 Å². The number of ether oxygens (including phenoxy) is 2. The molecule has 6 N–H and O–H groups in total. The SMILES string of the molecule is CCCCCCCCCCCCCCCC(=O)OC[C@H](COP(=O)(O)OC1C(O)C(O)C(O)[C@@H](O)C1O)OC(C)=O. The van der Waals surface area contributed by atoms with Crippen LogP contribution in [-0.2, 0) is 32.7 Å². The highest BCUT2D eigenvalue weighted by atomic mass is 31.2. The fraction of sp³-hybridized carbons (Fsp3) is 0.926. The number of hydrogen-bond acceptors (Lipinski definition) is 12. The van der Waals surface area contributed by atoms with Crippen molar-refractivity contribution in [1.29, 1.82) is 0 Å². The molecule has 1 aliphatic carbocycles. The Hall–Kier alpha value is -1.15. The fourth-order valence-electron chi connectivity index (χ4n) is 4.58. The third-order valence-electron chi connectivity index (χ3n) is 7.00. The predicted molar refractivity (Wildman–Crippen MR) is 148 cm³/mol.